The number of nitrogens with zero attached hydrogens (tertiary/aromatic N) is 1. The fourth-order valence-corrected chi connectivity index (χ4v) is 6.67. The van der Waals surface area contributed by atoms with Gasteiger partial charge in [-0.15, -0.1) is 6.58 Å². The summed E-state index contributed by atoms with van der Waals surface area (Å²) in [5.41, 5.74) is -0.846. The average molecular weight is 573 g/mol. The Labute approximate surface area is 244 Å². The fraction of sp³-hybridized carbons (Fsp3) is 0.750. The Hall–Kier alpha value is -2.84. The lowest BCUT2D eigenvalue weighted by Gasteiger charge is -2.33. The molecule has 0 aromatic rings. The normalized spacial score (nSPS) is 29.2. The van der Waals surface area contributed by atoms with Crippen LogP contribution in [0.15, 0.2) is 12.7 Å². The highest BCUT2D eigenvalue weighted by atomic mass is 16.6. The smallest absolute Gasteiger partial charge is 0.307 e. The summed E-state index contributed by atoms with van der Waals surface area (Å²) in [5.74, 6) is -3.83. The lowest BCUT2D eigenvalue weighted by molar-refractivity contribution is -0.159. The maximum absolute atomic E-state index is 14.0. The Balaban J connectivity index is 1.90. The number of Topliss-reactive ketones (excluding diaryl/α,β-unsaturated/α-hetero) is 3. The molecule has 2 amide bonds. The summed E-state index contributed by atoms with van der Waals surface area (Å²) in [4.78, 5) is 80.6. The van der Waals surface area contributed by atoms with Crippen LogP contribution in [0.1, 0.15) is 98.8 Å². The number of carbonyl (C=O) groups excluding carboxylic acids is 6. The van der Waals surface area contributed by atoms with Crippen molar-refractivity contribution in [3.63, 3.8) is 0 Å². The van der Waals surface area contributed by atoms with E-state index in [9.17, 15) is 28.8 Å². The SMILES string of the molecule is C=CCNC(=O)C(=O)[C@@H]1CCCCCCC(=O)CC[C@H](CC(=O)OC(C)(C)C)C(=O)N2C[C@H]3[C@@H]([C@H]2C(=O)C1)C3(C)C. The highest BCUT2D eigenvalue weighted by molar-refractivity contribution is 6.37. The largest absolute Gasteiger partial charge is 0.460 e. The molecule has 0 unspecified atom stereocenters. The summed E-state index contributed by atoms with van der Waals surface area (Å²) in [5, 5.41) is 2.53. The van der Waals surface area contributed by atoms with E-state index in [0.29, 0.717) is 32.2 Å². The van der Waals surface area contributed by atoms with Crippen LogP contribution in [0.25, 0.3) is 0 Å². The van der Waals surface area contributed by atoms with Crippen LogP contribution in [0.5, 0.6) is 0 Å². The molecular weight excluding hydrogens is 524 g/mol. The molecule has 2 aliphatic heterocycles. The van der Waals surface area contributed by atoms with Gasteiger partial charge in [-0.25, -0.2) is 0 Å². The van der Waals surface area contributed by atoms with Crippen LogP contribution in [0.2, 0.25) is 0 Å². The van der Waals surface area contributed by atoms with E-state index in [0.717, 1.165) is 12.8 Å². The van der Waals surface area contributed by atoms with Crippen molar-refractivity contribution in [2.75, 3.05) is 13.1 Å². The van der Waals surface area contributed by atoms with Gasteiger partial charge in [0.05, 0.1) is 12.5 Å². The lowest BCUT2D eigenvalue weighted by Crippen LogP contribution is -2.49. The van der Waals surface area contributed by atoms with Crippen LogP contribution in [0.3, 0.4) is 0 Å². The van der Waals surface area contributed by atoms with E-state index in [1.165, 1.54) is 6.08 Å². The number of rotatable bonds is 6. The second-order valence-electron chi connectivity index (χ2n) is 13.6. The molecule has 0 bridgehead atoms. The van der Waals surface area contributed by atoms with Gasteiger partial charge in [-0.2, -0.15) is 0 Å². The van der Waals surface area contributed by atoms with Gasteiger partial charge in [0.2, 0.25) is 11.7 Å². The molecule has 3 fully saturated rings. The van der Waals surface area contributed by atoms with E-state index in [1.54, 1.807) is 25.7 Å². The van der Waals surface area contributed by atoms with Gasteiger partial charge < -0.3 is 15.0 Å². The summed E-state index contributed by atoms with van der Waals surface area (Å²) in [6.45, 7) is 13.6. The molecule has 2 saturated heterocycles. The molecule has 0 radical (unpaired) electrons. The Morgan fingerprint density at radius 3 is 2.39 bits per heavy atom. The van der Waals surface area contributed by atoms with E-state index in [1.807, 2.05) is 0 Å². The van der Waals surface area contributed by atoms with Gasteiger partial charge in [-0.1, -0.05) is 39.2 Å². The van der Waals surface area contributed by atoms with E-state index in [2.05, 4.69) is 25.7 Å². The lowest BCUT2D eigenvalue weighted by atomic mass is 9.86. The van der Waals surface area contributed by atoms with Gasteiger partial charge in [-0.3, -0.25) is 28.8 Å². The average Bonchev–Trinajstić information content (AvgIpc) is 3.21. The highest BCUT2D eigenvalue weighted by Gasteiger charge is 2.69. The summed E-state index contributed by atoms with van der Waals surface area (Å²) in [6.07, 6.45) is 5.34. The first-order chi connectivity index (χ1) is 19.2. The van der Waals surface area contributed by atoms with Gasteiger partial charge in [0.25, 0.3) is 5.91 Å². The van der Waals surface area contributed by atoms with Gasteiger partial charge in [0, 0.05) is 44.2 Å². The van der Waals surface area contributed by atoms with Crippen molar-refractivity contribution in [2.45, 2.75) is 110 Å². The first-order valence-corrected chi connectivity index (χ1v) is 15.2. The van der Waals surface area contributed by atoms with Gasteiger partial charge in [0.1, 0.15) is 11.4 Å². The van der Waals surface area contributed by atoms with Crippen molar-refractivity contribution in [2.24, 2.45) is 29.1 Å². The van der Waals surface area contributed by atoms with Crippen molar-refractivity contribution < 1.29 is 33.5 Å². The Kier molecular flexibility index (Phi) is 10.7. The zero-order valence-corrected chi connectivity index (χ0v) is 25.5. The molecule has 0 aromatic carbocycles. The predicted octanol–water partition coefficient (Wildman–Crippen LogP) is 3.97. The maximum Gasteiger partial charge on any atom is 0.307 e. The molecular formula is C32H48N2O7. The monoisotopic (exact) mass is 572 g/mol. The third kappa shape index (κ3) is 8.35. The molecule has 0 spiro atoms. The number of fused-ring (bicyclic) bond motifs is 3. The summed E-state index contributed by atoms with van der Waals surface area (Å²) in [7, 11) is 0. The maximum atomic E-state index is 14.0. The number of carbonyl (C=O) groups is 6. The van der Waals surface area contributed by atoms with Crippen molar-refractivity contribution in [3.8, 4) is 0 Å². The molecule has 1 saturated carbocycles. The van der Waals surface area contributed by atoms with E-state index >= 15 is 0 Å². The van der Waals surface area contributed by atoms with Crippen LogP contribution in [-0.4, -0.2) is 64.8 Å². The van der Waals surface area contributed by atoms with Crippen molar-refractivity contribution in [3.05, 3.63) is 12.7 Å². The first kappa shape index (κ1) is 32.7. The molecule has 3 aliphatic rings. The first-order valence-electron chi connectivity index (χ1n) is 15.2. The molecule has 1 aliphatic carbocycles. The zero-order valence-electron chi connectivity index (χ0n) is 25.5. The quantitative estimate of drug-likeness (QED) is 0.290. The molecule has 228 valence electrons. The van der Waals surface area contributed by atoms with Gasteiger partial charge >= 0.3 is 5.97 Å². The number of hydrogen-bond donors (Lipinski definition) is 1. The van der Waals surface area contributed by atoms with Gasteiger partial charge in [0.15, 0.2) is 5.78 Å². The summed E-state index contributed by atoms with van der Waals surface area (Å²) < 4.78 is 5.50. The molecule has 41 heavy (non-hydrogen) atoms. The summed E-state index contributed by atoms with van der Waals surface area (Å²) in [6, 6.07) is -0.723. The minimum absolute atomic E-state index is 0.0454. The van der Waals surface area contributed by atoms with E-state index in [-0.39, 0.29) is 67.0 Å². The Bertz CT molecular complexity index is 1060. The van der Waals surface area contributed by atoms with Crippen LogP contribution in [-0.2, 0) is 33.5 Å². The molecule has 1 N–H and O–H groups in total. The standard InChI is InChI=1S/C32H48N2O7/c1-7-16-33-29(39)28(38)20-12-10-8-9-11-13-22(35)15-14-21(18-25(37)41-31(2,3)4)30(40)34-19-23-26(32(23,5)6)27(34)24(36)17-20/h7,20-21,23,26-27H,1,8-19H2,2-6H3,(H,33,39)/t20-,21-,23+,26+,27-/m1/s1. The zero-order chi connectivity index (χ0) is 30.5. The second-order valence-corrected chi connectivity index (χ2v) is 13.6. The van der Waals surface area contributed by atoms with Crippen LogP contribution in [0, 0.1) is 29.1 Å². The number of ether oxygens (including phenoxy) is 1. The van der Waals surface area contributed by atoms with Crippen molar-refractivity contribution in [1.29, 1.82) is 0 Å². The second kappa shape index (κ2) is 13.4. The van der Waals surface area contributed by atoms with Gasteiger partial charge in [-0.05, 0) is 57.3 Å². The minimum atomic E-state index is -0.780. The minimum Gasteiger partial charge on any atom is -0.460 e. The molecule has 9 nitrogen and oxygen atoms in total. The fourth-order valence-electron chi connectivity index (χ4n) is 6.67. The number of nitrogens with one attached hydrogen (secondary N) is 1. The highest BCUT2D eigenvalue weighted by Crippen LogP contribution is 2.65. The summed E-state index contributed by atoms with van der Waals surface area (Å²) >= 11 is 0. The number of esters is 1. The Morgan fingerprint density at radius 2 is 1.73 bits per heavy atom. The third-order valence-electron chi connectivity index (χ3n) is 8.98. The molecule has 5 atom stereocenters. The third-order valence-corrected chi connectivity index (χ3v) is 8.98. The molecule has 3 rings (SSSR count). The number of ketones is 3. The number of amides is 2. The topological polar surface area (TPSA) is 127 Å². The Morgan fingerprint density at radius 1 is 1.05 bits per heavy atom. The van der Waals surface area contributed by atoms with Crippen LogP contribution >= 0.6 is 0 Å². The predicted molar refractivity (Wildman–Crippen MR) is 153 cm³/mol. The van der Waals surface area contributed by atoms with Crippen molar-refractivity contribution in [1.82, 2.24) is 10.2 Å². The molecule has 0 aromatic heterocycles. The molecule has 9 heteroatoms. The number of piperidine rings is 1. The van der Waals surface area contributed by atoms with Crippen LogP contribution in [0.4, 0.5) is 0 Å². The van der Waals surface area contributed by atoms with E-state index in [4.69, 9.17) is 4.74 Å². The van der Waals surface area contributed by atoms with Crippen LogP contribution < -0.4 is 5.32 Å². The number of hydrogen-bond acceptors (Lipinski definition) is 7. The van der Waals surface area contributed by atoms with E-state index < -0.39 is 41.1 Å². The van der Waals surface area contributed by atoms with Crippen molar-refractivity contribution >= 4 is 35.1 Å². The molecule has 2 heterocycles.